The summed E-state index contributed by atoms with van der Waals surface area (Å²) in [6.45, 7) is 1.61. The molecule has 1 heterocycles. The highest BCUT2D eigenvalue weighted by atomic mass is 16.5. The van der Waals surface area contributed by atoms with E-state index in [1.54, 1.807) is 19.1 Å². The Hall–Kier alpha value is -3.52. The number of H-pyrrole nitrogens is 2. The molecule has 4 N–H and O–H groups in total. The Morgan fingerprint density at radius 3 is 2.65 bits per heavy atom. The zero-order valence-electron chi connectivity index (χ0n) is 17.2. The summed E-state index contributed by atoms with van der Waals surface area (Å²) >= 11 is 0. The van der Waals surface area contributed by atoms with Crippen molar-refractivity contribution >= 4 is 5.97 Å². The minimum absolute atomic E-state index is 0.0498. The van der Waals surface area contributed by atoms with Crippen molar-refractivity contribution in [3.8, 4) is 11.5 Å². The molecule has 1 aliphatic rings. The molecule has 0 aliphatic heterocycles. The zero-order chi connectivity index (χ0) is 22.2. The van der Waals surface area contributed by atoms with Gasteiger partial charge in [-0.3, -0.25) is 14.7 Å². The molecule has 162 valence electrons. The second-order valence-corrected chi connectivity index (χ2v) is 7.99. The minimum atomic E-state index is -1.48. The summed E-state index contributed by atoms with van der Waals surface area (Å²) in [5, 5.41) is 26.6. The second-order valence-electron chi connectivity index (χ2n) is 7.99. The number of carbonyl (C=O) groups excluding carboxylic acids is 1. The van der Waals surface area contributed by atoms with Crippen LogP contribution in [0.25, 0.3) is 0 Å². The number of carbonyl (C=O) groups is 1. The highest BCUT2D eigenvalue weighted by molar-refractivity contribution is 5.77. The van der Waals surface area contributed by atoms with Gasteiger partial charge in [-0.2, -0.15) is 0 Å². The van der Waals surface area contributed by atoms with Crippen LogP contribution in [0, 0.1) is 5.92 Å². The molecule has 1 aromatic heterocycles. The number of rotatable bonds is 5. The first kappa shape index (κ1) is 20.7. The number of methoxy groups -OCH3 is 1. The Kier molecular flexibility index (Phi) is 5.32. The van der Waals surface area contributed by atoms with Gasteiger partial charge >= 0.3 is 5.97 Å². The Bertz CT molecular complexity index is 1150. The number of benzene rings is 2. The lowest BCUT2D eigenvalue weighted by atomic mass is 9.66. The lowest BCUT2D eigenvalue weighted by Gasteiger charge is -2.40. The maximum Gasteiger partial charge on any atom is 0.313 e. The summed E-state index contributed by atoms with van der Waals surface area (Å²) in [4.78, 5) is 25.9. The maximum atomic E-state index is 13.2. The monoisotopic (exact) mass is 424 g/mol. The third kappa shape index (κ3) is 3.82. The van der Waals surface area contributed by atoms with Gasteiger partial charge < -0.3 is 24.8 Å². The fourth-order valence-corrected chi connectivity index (χ4v) is 4.32. The first-order valence-corrected chi connectivity index (χ1v) is 9.91. The van der Waals surface area contributed by atoms with Crippen LogP contribution < -0.4 is 10.3 Å². The van der Waals surface area contributed by atoms with E-state index in [2.05, 4.69) is 10.2 Å². The van der Waals surface area contributed by atoms with Crippen molar-refractivity contribution < 1.29 is 24.5 Å². The maximum absolute atomic E-state index is 13.2. The molecular formula is C23H24N2O6. The van der Waals surface area contributed by atoms with Crippen LogP contribution in [0.4, 0.5) is 0 Å². The van der Waals surface area contributed by atoms with Crippen LogP contribution in [0.1, 0.15) is 35.2 Å². The second kappa shape index (κ2) is 7.96. The van der Waals surface area contributed by atoms with E-state index in [4.69, 9.17) is 9.47 Å². The number of aromatic amines is 2. The fraction of sp³-hybridized carbons (Fsp3) is 0.304. The van der Waals surface area contributed by atoms with E-state index < -0.39 is 23.4 Å². The molecule has 3 atom stereocenters. The molecule has 3 aromatic rings. The molecule has 0 amide bonds. The van der Waals surface area contributed by atoms with Crippen molar-refractivity contribution in [1.82, 2.24) is 10.2 Å². The molecular weight excluding hydrogens is 400 g/mol. The summed E-state index contributed by atoms with van der Waals surface area (Å²) < 4.78 is 10.8. The van der Waals surface area contributed by atoms with Crippen molar-refractivity contribution in [3.05, 3.63) is 81.3 Å². The molecule has 8 nitrogen and oxygen atoms in total. The van der Waals surface area contributed by atoms with E-state index in [1.807, 2.05) is 30.3 Å². The molecule has 0 saturated heterocycles. The number of fused-ring (bicyclic) bond motifs is 1. The van der Waals surface area contributed by atoms with Crippen molar-refractivity contribution in [2.75, 3.05) is 7.11 Å². The summed E-state index contributed by atoms with van der Waals surface area (Å²) in [7, 11) is 1.41. The summed E-state index contributed by atoms with van der Waals surface area (Å²) in [6.07, 6.45) is 0.0812. The SMILES string of the molecule is COc1cc([C@@H]2c3c([nH][nH]c3=O)C[C@@](C)(O)[C@H]2C(=O)OCc2ccccc2)ccc1O. The molecule has 0 bridgehead atoms. The fourth-order valence-electron chi connectivity index (χ4n) is 4.32. The average Bonchev–Trinajstić information content (AvgIpc) is 3.11. The molecule has 0 fully saturated rings. The number of phenolic OH excluding ortho intramolecular Hbond substituents is 1. The highest BCUT2D eigenvalue weighted by Gasteiger charge is 2.51. The molecule has 0 saturated carbocycles. The number of nitrogens with one attached hydrogen (secondary N) is 2. The number of phenols is 1. The molecule has 31 heavy (non-hydrogen) atoms. The third-order valence-electron chi connectivity index (χ3n) is 5.79. The Morgan fingerprint density at radius 2 is 1.94 bits per heavy atom. The van der Waals surface area contributed by atoms with E-state index in [0.717, 1.165) is 5.56 Å². The Labute approximate surface area is 178 Å². The zero-order valence-corrected chi connectivity index (χ0v) is 17.2. The quantitative estimate of drug-likeness (QED) is 0.466. The Balaban J connectivity index is 1.77. The van der Waals surface area contributed by atoms with Crippen LogP contribution in [-0.4, -0.2) is 39.1 Å². The molecule has 0 radical (unpaired) electrons. The van der Waals surface area contributed by atoms with Crippen LogP contribution >= 0.6 is 0 Å². The number of hydrogen-bond donors (Lipinski definition) is 4. The molecule has 8 heteroatoms. The van der Waals surface area contributed by atoms with E-state index >= 15 is 0 Å². The van der Waals surface area contributed by atoms with Crippen LogP contribution in [-0.2, 0) is 22.6 Å². The van der Waals surface area contributed by atoms with Crippen molar-refractivity contribution in [1.29, 1.82) is 0 Å². The van der Waals surface area contributed by atoms with E-state index in [0.29, 0.717) is 16.8 Å². The van der Waals surface area contributed by atoms with Gasteiger partial charge in [0.05, 0.1) is 18.6 Å². The van der Waals surface area contributed by atoms with Gasteiger partial charge in [-0.25, -0.2) is 0 Å². The number of hydrogen-bond acceptors (Lipinski definition) is 6. The predicted molar refractivity (Wildman–Crippen MR) is 112 cm³/mol. The summed E-state index contributed by atoms with van der Waals surface area (Å²) in [6, 6.07) is 13.8. The molecule has 0 unspecified atom stereocenters. The lowest BCUT2D eigenvalue weighted by molar-refractivity contribution is -0.161. The number of esters is 1. The van der Waals surface area contributed by atoms with Gasteiger partial charge in [0, 0.05) is 23.6 Å². The minimum Gasteiger partial charge on any atom is -0.504 e. The van der Waals surface area contributed by atoms with E-state index in [-0.39, 0.29) is 30.1 Å². The van der Waals surface area contributed by atoms with E-state index in [1.165, 1.54) is 13.2 Å². The first-order chi connectivity index (χ1) is 14.8. The summed E-state index contributed by atoms with van der Waals surface area (Å²) in [5.41, 5.74) is 0.391. The van der Waals surface area contributed by atoms with Gasteiger partial charge in [0.25, 0.3) is 5.56 Å². The van der Waals surface area contributed by atoms with E-state index in [9.17, 15) is 19.8 Å². The smallest absolute Gasteiger partial charge is 0.313 e. The standard InChI is InChI=1S/C23H24N2O6/c1-23(29)11-15-19(21(27)25-24-15)18(14-8-9-16(26)17(10-14)30-2)20(23)22(28)31-12-13-6-4-3-5-7-13/h3-10,18,20,26,29H,11-12H2,1-2H3,(H2,24,25,27)/t18-,20-,23-/m1/s1. The van der Waals surface area contributed by atoms with Crippen LogP contribution in [0.15, 0.2) is 53.3 Å². The van der Waals surface area contributed by atoms with Crippen LogP contribution in [0.3, 0.4) is 0 Å². The summed E-state index contributed by atoms with van der Waals surface area (Å²) in [5.74, 6) is -2.33. The third-order valence-corrected chi connectivity index (χ3v) is 5.79. The predicted octanol–water partition coefficient (Wildman–Crippen LogP) is 2.22. The largest absolute Gasteiger partial charge is 0.504 e. The van der Waals surface area contributed by atoms with Gasteiger partial charge in [0.1, 0.15) is 6.61 Å². The number of aromatic nitrogens is 2. The number of ether oxygens (including phenoxy) is 2. The van der Waals surface area contributed by atoms with Gasteiger partial charge in [-0.05, 0) is 30.2 Å². The van der Waals surface area contributed by atoms with Crippen LogP contribution in [0.2, 0.25) is 0 Å². The number of aliphatic hydroxyl groups is 1. The molecule has 4 rings (SSSR count). The number of aromatic hydroxyl groups is 1. The van der Waals surface area contributed by atoms with Crippen LogP contribution in [0.5, 0.6) is 11.5 Å². The molecule has 0 spiro atoms. The Morgan fingerprint density at radius 1 is 1.19 bits per heavy atom. The molecule has 2 aromatic carbocycles. The first-order valence-electron chi connectivity index (χ1n) is 9.91. The van der Waals surface area contributed by atoms with Crippen molar-refractivity contribution in [2.24, 2.45) is 5.92 Å². The lowest BCUT2D eigenvalue weighted by Crippen LogP contribution is -2.50. The van der Waals surface area contributed by atoms with Crippen molar-refractivity contribution in [2.45, 2.75) is 31.5 Å². The highest BCUT2D eigenvalue weighted by Crippen LogP contribution is 2.46. The van der Waals surface area contributed by atoms with Gasteiger partial charge in [0.2, 0.25) is 0 Å². The van der Waals surface area contributed by atoms with Gasteiger partial charge in [-0.15, -0.1) is 0 Å². The van der Waals surface area contributed by atoms with Crippen molar-refractivity contribution in [3.63, 3.8) is 0 Å². The normalized spacial score (nSPS) is 22.5. The van der Waals surface area contributed by atoms with Gasteiger partial charge in [0.15, 0.2) is 11.5 Å². The molecule has 1 aliphatic carbocycles. The topological polar surface area (TPSA) is 125 Å². The average molecular weight is 424 g/mol. The van der Waals surface area contributed by atoms with Gasteiger partial charge in [-0.1, -0.05) is 36.4 Å².